The third-order valence-electron chi connectivity index (χ3n) is 3.41. The lowest BCUT2D eigenvalue weighted by Crippen LogP contribution is -2.18. The standard InChI is InChI=1S/C17H12F3N3O2S/c1-9(24)21-10-6-7-13-14(8-10)26-16(22-13)23-15(25)11-4-2-3-5-12(11)17(18,19)20/h2-8H,1H3,(H,21,24)(H,22,23,25). The summed E-state index contributed by atoms with van der Waals surface area (Å²) in [5.74, 6) is -1.12. The fraction of sp³-hybridized carbons (Fsp3) is 0.118. The Morgan fingerprint density at radius 2 is 1.81 bits per heavy atom. The average Bonchev–Trinajstić information content (AvgIpc) is 2.95. The smallest absolute Gasteiger partial charge is 0.326 e. The van der Waals surface area contributed by atoms with Crippen molar-refractivity contribution in [2.45, 2.75) is 13.1 Å². The van der Waals surface area contributed by atoms with E-state index in [1.54, 1.807) is 18.2 Å². The zero-order chi connectivity index (χ0) is 18.9. The summed E-state index contributed by atoms with van der Waals surface area (Å²) in [6.45, 7) is 1.38. The molecule has 9 heteroatoms. The highest BCUT2D eigenvalue weighted by Crippen LogP contribution is 2.33. The third kappa shape index (κ3) is 3.83. The molecule has 2 aromatic carbocycles. The predicted octanol–water partition coefficient (Wildman–Crippen LogP) is 4.53. The summed E-state index contributed by atoms with van der Waals surface area (Å²) >= 11 is 1.10. The zero-order valence-electron chi connectivity index (χ0n) is 13.3. The molecule has 134 valence electrons. The van der Waals surface area contributed by atoms with Crippen molar-refractivity contribution >= 4 is 44.2 Å². The molecule has 0 bridgehead atoms. The van der Waals surface area contributed by atoms with Gasteiger partial charge in [0.05, 0.1) is 21.3 Å². The van der Waals surface area contributed by atoms with E-state index < -0.39 is 23.2 Å². The largest absolute Gasteiger partial charge is 0.417 e. The number of aromatic nitrogens is 1. The molecule has 0 fully saturated rings. The van der Waals surface area contributed by atoms with Gasteiger partial charge in [-0.15, -0.1) is 0 Å². The molecule has 3 aromatic rings. The molecule has 0 unspecified atom stereocenters. The second kappa shape index (κ2) is 6.75. The second-order valence-electron chi connectivity index (χ2n) is 5.38. The summed E-state index contributed by atoms with van der Waals surface area (Å²) in [4.78, 5) is 27.5. The number of anilines is 2. The molecule has 2 N–H and O–H groups in total. The Labute approximate surface area is 149 Å². The highest BCUT2D eigenvalue weighted by atomic mass is 32.1. The molecule has 2 amide bonds. The number of rotatable bonds is 3. The quantitative estimate of drug-likeness (QED) is 0.703. The first-order chi connectivity index (χ1) is 12.2. The van der Waals surface area contributed by atoms with E-state index in [4.69, 9.17) is 0 Å². The van der Waals surface area contributed by atoms with Gasteiger partial charge in [-0.1, -0.05) is 23.5 Å². The van der Waals surface area contributed by atoms with Crippen LogP contribution in [0.25, 0.3) is 10.2 Å². The minimum absolute atomic E-state index is 0.168. The van der Waals surface area contributed by atoms with Gasteiger partial charge in [-0.2, -0.15) is 13.2 Å². The summed E-state index contributed by atoms with van der Waals surface area (Å²) in [5, 5.41) is 5.19. The van der Waals surface area contributed by atoms with Crippen molar-refractivity contribution in [3.63, 3.8) is 0 Å². The Morgan fingerprint density at radius 3 is 2.50 bits per heavy atom. The summed E-state index contributed by atoms with van der Waals surface area (Å²) < 4.78 is 39.8. The van der Waals surface area contributed by atoms with Crippen LogP contribution in [-0.2, 0) is 11.0 Å². The number of nitrogens with zero attached hydrogens (tertiary/aromatic N) is 1. The van der Waals surface area contributed by atoms with Crippen LogP contribution in [0.4, 0.5) is 24.0 Å². The van der Waals surface area contributed by atoms with Gasteiger partial charge in [0.25, 0.3) is 5.91 Å². The van der Waals surface area contributed by atoms with Crippen LogP contribution in [0.15, 0.2) is 42.5 Å². The van der Waals surface area contributed by atoms with E-state index in [1.165, 1.54) is 19.1 Å². The Morgan fingerprint density at radius 1 is 1.08 bits per heavy atom. The molecule has 26 heavy (non-hydrogen) atoms. The number of benzene rings is 2. The zero-order valence-corrected chi connectivity index (χ0v) is 14.2. The Kier molecular flexibility index (Phi) is 4.64. The van der Waals surface area contributed by atoms with Crippen molar-refractivity contribution in [2.24, 2.45) is 0 Å². The number of alkyl halides is 3. The van der Waals surface area contributed by atoms with E-state index in [0.29, 0.717) is 15.9 Å². The molecule has 0 aliphatic rings. The molecule has 0 spiro atoms. The second-order valence-corrected chi connectivity index (χ2v) is 6.41. The fourth-order valence-corrected chi connectivity index (χ4v) is 3.25. The van der Waals surface area contributed by atoms with Gasteiger partial charge in [-0.3, -0.25) is 14.9 Å². The van der Waals surface area contributed by atoms with Gasteiger partial charge in [0, 0.05) is 12.6 Å². The molecule has 0 radical (unpaired) electrons. The predicted molar refractivity (Wildman–Crippen MR) is 93.3 cm³/mol. The van der Waals surface area contributed by atoms with Gasteiger partial charge in [-0.25, -0.2) is 4.98 Å². The molecular formula is C17H12F3N3O2S. The van der Waals surface area contributed by atoms with Crippen molar-refractivity contribution in [1.82, 2.24) is 4.98 Å². The number of hydrogen-bond acceptors (Lipinski definition) is 4. The van der Waals surface area contributed by atoms with E-state index in [1.807, 2.05) is 0 Å². The molecule has 1 heterocycles. The van der Waals surface area contributed by atoms with Crippen LogP contribution in [0.3, 0.4) is 0 Å². The first-order valence-electron chi connectivity index (χ1n) is 7.40. The monoisotopic (exact) mass is 379 g/mol. The normalized spacial score (nSPS) is 11.4. The summed E-state index contributed by atoms with van der Waals surface area (Å²) in [5.41, 5.74) is -0.359. The topological polar surface area (TPSA) is 71.1 Å². The van der Waals surface area contributed by atoms with Crippen molar-refractivity contribution in [2.75, 3.05) is 10.6 Å². The van der Waals surface area contributed by atoms with Gasteiger partial charge in [-0.05, 0) is 30.3 Å². The van der Waals surface area contributed by atoms with Gasteiger partial charge in [0.2, 0.25) is 5.91 Å². The van der Waals surface area contributed by atoms with Crippen molar-refractivity contribution in [3.05, 3.63) is 53.6 Å². The van der Waals surface area contributed by atoms with Gasteiger partial charge >= 0.3 is 6.18 Å². The summed E-state index contributed by atoms with van der Waals surface area (Å²) in [7, 11) is 0. The van der Waals surface area contributed by atoms with E-state index in [0.717, 1.165) is 23.5 Å². The van der Waals surface area contributed by atoms with E-state index >= 15 is 0 Å². The highest BCUT2D eigenvalue weighted by Gasteiger charge is 2.34. The van der Waals surface area contributed by atoms with E-state index in [9.17, 15) is 22.8 Å². The Balaban J connectivity index is 1.87. The molecule has 3 rings (SSSR count). The molecular weight excluding hydrogens is 367 g/mol. The molecule has 0 aliphatic carbocycles. The Hall–Kier alpha value is -2.94. The van der Waals surface area contributed by atoms with Crippen LogP contribution in [0, 0.1) is 0 Å². The van der Waals surface area contributed by atoms with Crippen LogP contribution >= 0.6 is 11.3 Å². The number of hydrogen-bond donors (Lipinski definition) is 2. The van der Waals surface area contributed by atoms with Crippen molar-refractivity contribution in [1.29, 1.82) is 0 Å². The minimum atomic E-state index is -4.63. The van der Waals surface area contributed by atoms with Gasteiger partial charge in [0.15, 0.2) is 5.13 Å². The van der Waals surface area contributed by atoms with E-state index in [2.05, 4.69) is 15.6 Å². The lowest BCUT2D eigenvalue weighted by Gasteiger charge is -2.11. The number of nitrogens with one attached hydrogen (secondary N) is 2. The van der Waals surface area contributed by atoms with Gasteiger partial charge in [0.1, 0.15) is 0 Å². The average molecular weight is 379 g/mol. The van der Waals surface area contributed by atoms with Crippen LogP contribution in [-0.4, -0.2) is 16.8 Å². The summed E-state index contributed by atoms with van der Waals surface area (Å²) in [6.07, 6.45) is -4.63. The molecule has 5 nitrogen and oxygen atoms in total. The van der Waals surface area contributed by atoms with Crippen molar-refractivity contribution in [3.8, 4) is 0 Å². The number of thiazole rings is 1. The summed E-state index contributed by atoms with van der Waals surface area (Å²) in [6, 6.07) is 9.52. The molecule has 1 aromatic heterocycles. The Bertz CT molecular complexity index is 998. The molecule has 0 saturated carbocycles. The minimum Gasteiger partial charge on any atom is -0.326 e. The maximum atomic E-state index is 13.0. The first kappa shape index (κ1) is 17.9. The first-order valence-corrected chi connectivity index (χ1v) is 8.21. The maximum Gasteiger partial charge on any atom is 0.417 e. The number of carbonyl (C=O) groups excluding carboxylic acids is 2. The van der Waals surface area contributed by atoms with Gasteiger partial charge < -0.3 is 5.32 Å². The fourth-order valence-electron chi connectivity index (χ4n) is 2.35. The number of carbonyl (C=O) groups is 2. The van der Waals surface area contributed by atoms with E-state index in [-0.39, 0.29) is 11.0 Å². The van der Waals surface area contributed by atoms with Crippen LogP contribution < -0.4 is 10.6 Å². The number of amides is 2. The molecule has 0 saturated heterocycles. The van der Waals surface area contributed by atoms with Crippen molar-refractivity contribution < 1.29 is 22.8 Å². The third-order valence-corrected chi connectivity index (χ3v) is 4.34. The SMILES string of the molecule is CC(=O)Nc1ccc2nc(NC(=O)c3ccccc3C(F)(F)F)sc2c1. The molecule has 0 atom stereocenters. The lowest BCUT2D eigenvalue weighted by atomic mass is 10.1. The number of fused-ring (bicyclic) bond motifs is 1. The van der Waals surface area contributed by atoms with Crippen LogP contribution in [0.5, 0.6) is 0 Å². The highest BCUT2D eigenvalue weighted by molar-refractivity contribution is 7.22. The maximum absolute atomic E-state index is 13.0. The van der Waals surface area contributed by atoms with Crippen LogP contribution in [0.2, 0.25) is 0 Å². The molecule has 0 aliphatic heterocycles. The van der Waals surface area contributed by atoms with Crippen LogP contribution in [0.1, 0.15) is 22.8 Å². The lowest BCUT2D eigenvalue weighted by molar-refractivity contribution is -0.137. The number of halogens is 3.